The van der Waals surface area contributed by atoms with Crippen molar-refractivity contribution in [3.63, 3.8) is 0 Å². The molecule has 1 aliphatic carbocycles. The van der Waals surface area contributed by atoms with Crippen molar-refractivity contribution in [1.29, 1.82) is 0 Å². The first-order valence-corrected chi connectivity index (χ1v) is 7.17. The highest BCUT2D eigenvalue weighted by molar-refractivity contribution is 5.42. The number of para-hydroxylation sites is 1. The quantitative estimate of drug-likeness (QED) is 0.726. The smallest absolute Gasteiger partial charge is 0.123 e. The van der Waals surface area contributed by atoms with Crippen molar-refractivity contribution < 1.29 is 4.74 Å². The summed E-state index contributed by atoms with van der Waals surface area (Å²) >= 11 is 0. The zero-order chi connectivity index (χ0) is 13.0. The first-order chi connectivity index (χ1) is 8.78. The molecule has 0 spiro atoms. The summed E-state index contributed by atoms with van der Waals surface area (Å²) in [6.07, 6.45) is 4.98. The van der Waals surface area contributed by atoms with Gasteiger partial charge in [0.05, 0.1) is 7.11 Å². The van der Waals surface area contributed by atoms with Crippen LogP contribution in [0, 0.1) is 0 Å². The molecule has 0 N–H and O–H groups in total. The Morgan fingerprint density at radius 1 is 1.11 bits per heavy atom. The molecule has 1 aromatic rings. The summed E-state index contributed by atoms with van der Waals surface area (Å²) in [5.74, 6) is 1.05. The molecule has 1 aliphatic rings. The predicted octanol–water partition coefficient (Wildman–Crippen LogP) is 3.81. The lowest BCUT2D eigenvalue weighted by atomic mass is 10.0. The second-order valence-corrected chi connectivity index (χ2v) is 5.22. The predicted molar refractivity (Wildman–Crippen MR) is 76.1 cm³/mol. The molecule has 0 atom stereocenters. The van der Waals surface area contributed by atoms with Crippen LogP contribution < -0.4 is 4.74 Å². The van der Waals surface area contributed by atoms with Crippen LogP contribution in [0.3, 0.4) is 0 Å². The van der Waals surface area contributed by atoms with Gasteiger partial charge < -0.3 is 4.74 Å². The third-order valence-electron chi connectivity index (χ3n) is 3.92. The monoisotopic (exact) mass is 247 g/mol. The topological polar surface area (TPSA) is 12.5 Å². The van der Waals surface area contributed by atoms with Gasteiger partial charge in [0.25, 0.3) is 0 Å². The fourth-order valence-corrected chi connectivity index (χ4v) is 2.98. The van der Waals surface area contributed by atoms with E-state index in [9.17, 15) is 0 Å². The van der Waals surface area contributed by atoms with Crippen LogP contribution in [0.25, 0.3) is 0 Å². The van der Waals surface area contributed by atoms with Gasteiger partial charge in [-0.1, -0.05) is 32.0 Å². The van der Waals surface area contributed by atoms with E-state index in [4.69, 9.17) is 4.74 Å². The second-order valence-electron chi connectivity index (χ2n) is 5.22. The maximum atomic E-state index is 5.55. The van der Waals surface area contributed by atoms with E-state index in [0.717, 1.165) is 5.75 Å². The minimum atomic E-state index is 0.263. The normalized spacial score (nSPS) is 16.9. The largest absolute Gasteiger partial charge is 0.496 e. The Labute approximate surface area is 111 Å². The van der Waals surface area contributed by atoms with Crippen LogP contribution in [0.5, 0.6) is 5.75 Å². The minimum Gasteiger partial charge on any atom is -0.496 e. The van der Waals surface area contributed by atoms with Crippen molar-refractivity contribution in [1.82, 2.24) is 4.90 Å². The van der Waals surface area contributed by atoms with Gasteiger partial charge in [0.1, 0.15) is 5.75 Å². The van der Waals surface area contributed by atoms with Crippen LogP contribution in [0.4, 0.5) is 0 Å². The first kappa shape index (κ1) is 13.4. The molecule has 2 nitrogen and oxygen atoms in total. The van der Waals surface area contributed by atoms with Gasteiger partial charge in [-0.25, -0.2) is 0 Å². The maximum absolute atomic E-state index is 5.55. The SMILES string of the molecule is CCCN(CCC)C1(c2ccccc2OC)CC1. The van der Waals surface area contributed by atoms with Crippen molar-refractivity contribution in [2.45, 2.75) is 45.1 Å². The van der Waals surface area contributed by atoms with E-state index in [1.807, 2.05) is 0 Å². The standard InChI is InChI=1S/C16H25NO/c1-4-12-17(13-5-2)16(10-11-16)14-8-6-7-9-15(14)18-3/h6-9H,4-5,10-13H2,1-3H3. The van der Waals surface area contributed by atoms with E-state index in [1.165, 1.54) is 44.3 Å². The van der Waals surface area contributed by atoms with Crippen LogP contribution >= 0.6 is 0 Å². The van der Waals surface area contributed by atoms with Crippen molar-refractivity contribution in [2.75, 3.05) is 20.2 Å². The van der Waals surface area contributed by atoms with Gasteiger partial charge in [0, 0.05) is 11.1 Å². The zero-order valence-corrected chi connectivity index (χ0v) is 11.9. The van der Waals surface area contributed by atoms with Crippen LogP contribution in [0.15, 0.2) is 24.3 Å². The lowest BCUT2D eigenvalue weighted by molar-refractivity contribution is 0.173. The molecule has 100 valence electrons. The maximum Gasteiger partial charge on any atom is 0.123 e. The van der Waals surface area contributed by atoms with Gasteiger partial charge in [0.15, 0.2) is 0 Å². The molecular formula is C16H25NO. The zero-order valence-electron chi connectivity index (χ0n) is 11.9. The van der Waals surface area contributed by atoms with Gasteiger partial charge >= 0.3 is 0 Å². The van der Waals surface area contributed by atoms with E-state index in [-0.39, 0.29) is 5.54 Å². The molecule has 1 aromatic carbocycles. The number of nitrogens with zero attached hydrogens (tertiary/aromatic N) is 1. The molecule has 0 amide bonds. The average molecular weight is 247 g/mol. The summed E-state index contributed by atoms with van der Waals surface area (Å²) in [7, 11) is 1.78. The van der Waals surface area contributed by atoms with Gasteiger partial charge in [0.2, 0.25) is 0 Å². The van der Waals surface area contributed by atoms with Gasteiger partial charge in [-0.2, -0.15) is 0 Å². The molecule has 0 aliphatic heterocycles. The fraction of sp³-hybridized carbons (Fsp3) is 0.625. The third kappa shape index (κ3) is 2.39. The highest BCUT2D eigenvalue weighted by Crippen LogP contribution is 2.53. The summed E-state index contributed by atoms with van der Waals surface area (Å²) in [5.41, 5.74) is 1.65. The summed E-state index contributed by atoms with van der Waals surface area (Å²) in [6, 6.07) is 8.52. The lowest BCUT2D eigenvalue weighted by Crippen LogP contribution is -2.36. The van der Waals surface area contributed by atoms with Crippen LogP contribution in [0.1, 0.15) is 45.1 Å². The molecule has 2 rings (SSSR count). The molecule has 0 saturated heterocycles. The molecule has 0 unspecified atom stereocenters. The number of ether oxygens (including phenoxy) is 1. The van der Waals surface area contributed by atoms with E-state index in [0.29, 0.717) is 0 Å². The van der Waals surface area contributed by atoms with Crippen LogP contribution in [-0.4, -0.2) is 25.1 Å². The van der Waals surface area contributed by atoms with Gasteiger partial charge in [-0.05, 0) is 44.8 Å². The molecule has 0 aromatic heterocycles. The molecular weight excluding hydrogens is 222 g/mol. The van der Waals surface area contributed by atoms with E-state index < -0.39 is 0 Å². The second kappa shape index (κ2) is 5.75. The number of methoxy groups -OCH3 is 1. The van der Waals surface area contributed by atoms with Gasteiger partial charge in [-0.15, -0.1) is 0 Å². The summed E-state index contributed by atoms with van der Waals surface area (Å²) < 4.78 is 5.55. The Bertz CT molecular complexity index is 378. The Morgan fingerprint density at radius 2 is 1.72 bits per heavy atom. The van der Waals surface area contributed by atoms with Crippen LogP contribution in [-0.2, 0) is 5.54 Å². The number of benzene rings is 1. The molecule has 1 saturated carbocycles. The fourth-order valence-electron chi connectivity index (χ4n) is 2.98. The summed E-state index contributed by atoms with van der Waals surface area (Å²) in [5, 5.41) is 0. The number of hydrogen-bond acceptors (Lipinski definition) is 2. The average Bonchev–Trinajstić information content (AvgIpc) is 3.20. The summed E-state index contributed by atoms with van der Waals surface area (Å²) in [6.45, 7) is 6.90. The molecule has 0 bridgehead atoms. The van der Waals surface area contributed by atoms with E-state index in [2.05, 4.69) is 43.0 Å². The first-order valence-electron chi connectivity index (χ1n) is 7.17. The molecule has 1 fully saturated rings. The molecule has 2 heteroatoms. The Kier molecular flexibility index (Phi) is 4.28. The van der Waals surface area contributed by atoms with Crippen molar-refractivity contribution in [2.24, 2.45) is 0 Å². The molecule has 0 radical (unpaired) electrons. The van der Waals surface area contributed by atoms with Gasteiger partial charge in [-0.3, -0.25) is 4.90 Å². The van der Waals surface area contributed by atoms with E-state index in [1.54, 1.807) is 7.11 Å². The van der Waals surface area contributed by atoms with E-state index >= 15 is 0 Å². The minimum absolute atomic E-state index is 0.263. The number of hydrogen-bond donors (Lipinski definition) is 0. The van der Waals surface area contributed by atoms with Crippen LogP contribution in [0.2, 0.25) is 0 Å². The third-order valence-corrected chi connectivity index (χ3v) is 3.92. The van der Waals surface area contributed by atoms with Crippen molar-refractivity contribution in [3.8, 4) is 5.75 Å². The lowest BCUT2D eigenvalue weighted by Gasteiger charge is -2.32. The number of rotatable bonds is 7. The van der Waals surface area contributed by atoms with Crippen molar-refractivity contribution >= 4 is 0 Å². The Balaban J connectivity index is 2.28. The Hall–Kier alpha value is -1.02. The molecule has 0 heterocycles. The highest BCUT2D eigenvalue weighted by atomic mass is 16.5. The molecule has 18 heavy (non-hydrogen) atoms. The Morgan fingerprint density at radius 3 is 2.22 bits per heavy atom. The highest BCUT2D eigenvalue weighted by Gasteiger charge is 2.50. The van der Waals surface area contributed by atoms with Crippen molar-refractivity contribution in [3.05, 3.63) is 29.8 Å². The summed E-state index contributed by atoms with van der Waals surface area (Å²) in [4.78, 5) is 2.66.